The van der Waals surface area contributed by atoms with E-state index in [0.29, 0.717) is 32.7 Å². The highest BCUT2D eigenvalue weighted by Gasteiger charge is 2.08. The summed E-state index contributed by atoms with van der Waals surface area (Å²) in [5, 5.41) is 17.4. The third-order valence-corrected chi connectivity index (χ3v) is 2.71. The highest BCUT2D eigenvalue weighted by Crippen LogP contribution is 2.12. The maximum absolute atomic E-state index is 13.2. The summed E-state index contributed by atoms with van der Waals surface area (Å²) in [7, 11) is 1.62. The van der Waals surface area contributed by atoms with Crippen LogP contribution in [0.3, 0.4) is 0 Å². The molecule has 0 aliphatic rings. The molecule has 0 fully saturated rings. The number of hydrogen-bond donors (Lipinski definition) is 0. The number of hydrogen-bond acceptors (Lipinski definition) is 4. The second-order valence-electron chi connectivity index (χ2n) is 4.10. The molecule has 0 aliphatic carbocycles. The van der Waals surface area contributed by atoms with E-state index in [-0.39, 0.29) is 5.56 Å². The minimum Gasteiger partial charge on any atom is -0.383 e. The molecule has 0 atom stereocenters. The van der Waals surface area contributed by atoms with E-state index >= 15 is 0 Å². The zero-order valence-corrected chi connectivity index (χ0v) is 10.9. The van der Waals surface area contributed by atoms with E-state index < -0.39 is 5.82 Å². The summed E-state index contributed by atoms with van der Waals surface area (Å²) in [6.07, 6.45) is 0.427. The quantitative estimate of drug-likeness (QED) is 0.753. The van der Waals surface area contributed by atoms with E-state index in [1.807, 2.05) is 11.0 Å². The van der Waals surface area contributed by atoms with Crippen molar-refractivity contribution in [2.75, 3.05) is 26.8 Å². The Labute approximate surface area is 112 Å². The lowest BCUT2D eigenvalue weighted by atomic mass is 10.1. The molecule has 0 saturated carbocycles. The molecule has 1 aromatic carbocycles. The summed E-state index contributed by atoms with van der Waals surface area (Å²) in [5.74, 6) is -0.508. The van der Waals surface area contributed by atoms with E-state index in [1.165, 1.54) is 6.07 Å². The van der Waals surface area contributed by atoms with Crippen molar-refractivity contribution in [1.29, 1.82) is 10.5 Å². The first-order valence-corrected chi connectivity index (χ1v) is 5.98. The van der Waals surface area contributed by atoms with E-state index in [1.54, 1.807) is 19.2 Å². The van der Waals surface area contributed by atoms with E-state index in [0.717, 1.165) is 5.56 Å². The Hall–Kier alpha value is -1.95. The van der Waals surface area contributed by atoms with Gasteiger partial charge in [-0.25, -0.2) is 4.39 Å². The second-order valence-corrected chi connectivity index (χ2v) is 4.10. The molecule has 0 heterocycles. The first kappa shape index (κ1) is 15.1. The smallest absolute Gasteiger partial charge is 0.140 e. The van der Waals surface area contributed by atoms with Gasteiger partial charge in [0.1, 0.15) is 11.9 Å². The SMILES string of the molecule is COCCN(CCC#N)Cc1ccc(F)c(C#N)c1. The van der Waals surface area contributed by atoms with Crippen LogP contribution in [0.4, 0.5) is 4.39 Å². The number of nitrogens with zero attached hydrogens (tertiary/aromatic N) is 3. The lowest BCUT2D eigenvalue weighted by Gasteiger charge is -2.20. The average Bonchev–Trinajstić information content (AvgIpc) is 2.43. The third-order valence-electron chi connectivity index (χ3n) is 2.71. The van der Waals surface area contributed by atoms with Crippen molar-refractivity contribution in [3.05, 3.63) is 35.1 Å². The average molecular weight is 261 g/mol. The number of ether oxygens (including phenoxy) is 1. The maximum atomic E-state index is 13.2. The van der Waals surface area contributed by atoms with Crippen LogP contribution in [0.15, 0.2) is 18.2 Å². The Morgan fingerprint density at radius 1 is 1.32 bits per heavy atom. The topological polar surface area (TPSA) is 60.0 Å². The van der Waals surface area contributed by atoms with Crippen molar-refractivity contribution in [1.82, 2.24) is 4.90 Å². The van der Waals surface area contributed by atoms with Crippen LogP contribution < -0.4 is 0 Å². The minimum atomic E-state index is -0.508. The van der Waals surface area contributed by atoms with Crippen molar-refractivity contribution in [2.45, 2.75) is 13.0 Å². The summed E-state index contributed by atoms with van der Waals surface area (Å²) in [6, 6.07) is 8.42. The summed E-state index contributed by atoms with van der Waals surface area (Å²) in [5.41, 5.74) is 0.900. The van der Waals surface area contributed by atoms with Gasteiger partial charge in [0.25, 0.3) is 0 Å². The first-order chi connectivity index (χ1) is 9.21. The molecule has 0 amide bonds. The van der Waals surface area contributed by atoms with Crippen molar-refractivity contribution in [3.8, 4) is 12.1 Å². The van der Waals surface area contributed by atoms with Crippen LogP contribution in [0.1, 0.15) is 17.5 Å². The molecule has 4 nitrogen and oxygen atoms in total. The summed E-state index contributed by atoms with van der Waals surface area (Å²) >= 11 is 0. The minimum absolute atomic E-state index is 0.0458. The fourth-order valence-electron chi connectivity index (χ4n) is 1.71. The highest BCUT2D eigenvalue weighted by molar-refractivity contribution is 5.34. The van der Waals surface area contributed by atoms with E-state index in [9.17, 15) is 4.39 Å². The number of nitriles is 2. The van der Waals surface area contributed by atoms with Gasteiger partial charge in [0, 0.05) is 33.2 Å². The summed E-state index contributed by atoms with van der Waals surface area (Å²) < 4.78 is 18.2. The fraction of sp³-hybridized carbons (Fsp3) is 0.429. The fourth-order valence-corrected chi connectivity index (χ4v) is 1.71. The molecule has 0 saturated heterocycles. The Balaban J connectivity index is 2.72. The molecular formula is C14H16FN3O. The van der Waals surface area contributed by atoms with Gasteiger partial charge in [-0.15, -0.1) is 0 Å². The molecule has 0 N–H and O–H groups in total. The molecule has 0 aliphatic heterocycles. The van der Waals surface area contributed by atoms with E-state index in [2.05, 4.69) is 6.07 Å². The van der Waals surface area contributed by atoms with Gasteiger partial charge in [-0.3, -0.25) is 4.90 Å². The lowest BCUT2D eigenvalue weighted by molar-refractivity contribution is 0.145. The largest absolute Gasteiger partial charge is 0.383 e. The van der Waals surface area contributed by atoms with Crippen LogP contribution in [0.25, 0.3) is 0 Å². The van der Waals surface area contributed by atoms with Gasteiger partial charge >= 0.3 is 0 Å². The number of halogens is 1. The Kier molecular flexibility index (Phi) is 6.52. The van der Waals surface area contributed by atoms with Gasteiger partial charge in [0.05, 0.1) is 18.2 Å². The molecule has 100 valence electrons. The molecule has 0 unspecified atom stereocenters. The molecule has 5 heteroatoms. The first-order valence-electron chi connectivity index (χ1n) is 5.98. The van der Waals surface area contributed by atoms with Crippen molar-refractivity contribution >= 4 is 0 Å². The van der Waals surface area contributed by atoms with Crippen LogP contribution >= 0.6 is 0 Å². The van der Waals surface area contributed by atoms with Gasteiger partial charge in [-0.05, 0) is 17.7 Å². The van der Waals surface area contributed by atoms with Crippen LogP contribution in [0.5, 0.6) is 0 Å². The highest BCUT2D eigenvalue weighted by atomic mass is 19.1. The van der Waals surface area contributed by atoms with Crippen LogP contribution in [0.2, 0.25) is 0 Å². The Morgan fingerprint density at radius 2 is 2.11 bits per heavy atom. The van der Waals surface area contributed by atoms with Gasteiger partial charge in [-0.2, -0.15) is 10.5 Å². The predicted octanol–water partition coefficient (Wildman–Crippen LogP) is 2.06. The predicted molar refractivity (Wildman–Crippen MR) is 68.5 cm³/mol. The van der Waals surface area contributed by atoms with Gasteiger partial charge in [0.2, 0.25) is 0 Å². The van der Waals surface area contributed by atoms with Gasteiger partial charge in [-0.1, -0.05) is 6.07 Å². The summed E-state index contributed by atoms with van der Waals surface area (Å²) in [4.78, 5) is 2.04. The molecular weight excluding hydrogens is 245 g/mol. The molecule has 1 rings (SSSR count). The number of methoxy groups -OCH3 is 1. The monoisotopic (exact) mass is 261 g/mol. The van der Waals surface area contributed by atoms with Gasteiger partial charge < -0.3 is 4.74 Å². The Morgan fingerprint density at radius 3 is 2.74 bits per heavy atom. The molecule has 0 aromatic heterocycles. The van der Waals surface area contributed by atoms with Crippen molar-refractivity contribution < 1.29 is 9.13 Å². The van der Waals surface area contributed by atoms with Crippen LogP contribution in [-0.2, 0) is 11.3 Å². The van der Waals surface area contributed by atoms with Crippen LogP contribution in [0, 0.1) is 28.5 Å². The zero-order valence-electron chi connectivity index (χ0n) is 10.9. The van der Waals surface area contributed by atoms with Crippen molar-refractivity contribution in [2.24, 2.45) is 0 Å². The number of rotatable bonds is 7. The molecule has 19 heavy (non-hydrogen) atoms. The molecule has 0 spiro atoms. The normalized spacial score (nSPS) is 10.2. The summed E-state index contributed by atoms with van der Waals surface area (Å²) in [6.45, 7) is 2.45. The van der Waals surface area contributed by atoms with Crippen molar-refractivity contribution in [3.63, 3.8) is 0 Å². The standard InChI is InChI=1S/C14H16FN3O/c1-19-8-7-18(6-2-5-16)11-12-3-4-14(15)13(9-12)10-17/h3-4,9H,2,6-8,11H2,1H3. The van der Waals surface area contributed by atoms with Gasteiger partial charge in [0.15, 0.2) is 0 Å². The Bertz CT molecular complexity index is 490. The molecule has 0 bridgehead atoms. The zero-order chi connectivity index (χ0) is 14.1. The maximum Gasteiger partial charge on any atom is 0.140 e. The molecule has 1 aromatic rings. The number of benzene rings is 1. The lowest BCUT2D eigenvalue weighted by Crippen LogP contribution is -2.28. The third kappa shape index (κ3) is 5.05. The van der Waals surface area contributed by atoms with E-state index in [4.69, 9.17) is 15.3 Å². The van der Waals surface area contributed by atoms with Crippen LogP contribution in [-0.4, -0.2) is 31.7 Å². The molecule has 0 radical (unpaired) electrons. The second kappa shape index (κ2) is 8.20.